The van der Waals surface area contributed by atoms with E-state index in [0.717, 1.165) is 5.76 Å². The molecule has 0 saturated carbocycles. The molecular weight excluding hydrogens is 220 g/mol. The third-order valence-electron chi connectivity index (χ3n) is 2.48. The number of rotatable bonds is 4. The van der Waals surface area contributed by atoms with Crippen LogP contribution in [0.5, 0.6) is 0 Å². The minimum Gasteiger partial charge on any atom is -0.467 e. The standard InChI is InChI=1S/C11H14N4O2/c1-2-15(7-8-4-3-5-17-8)11(16)10-9(12)6-13-14-10/h3-6H,2,7,12H2,1H3,(H,13,14). The van der Waals surface area contributed by atoms with Crippen molar-refractivity contribution in [2.45, 2.75) is 13.5 Å². The van der Waals surface area contributed by atoms with E-state index >= 15 is 0 Å². The molecule has 0 radical (unpaired) electrons. The van der Waals surface area contributed by atoms with Crippen LogP contribution in [0.2, 0.25) is 0 Å². The molecule has 6 nitrogen and oxygen atoms in total. The molecule has 6 heteroatoms. The Kier molecular flexibility index (Phi) is 3.13. The fourth-order valence-electron chi connectivity index (χ4n) is 1.54. The van der Waals surface area contributed by atoms with Gasteiger partial charge >= 0.3 is 0 Å². The number of aromatic nitrogens is 2. The number of H-pyrrole nitrogens is 1. The summed E-state index contributed by atoms with van der Waals surface area (Å²) in [6.07, 6.45) is 3.01. The van der Waals surface area contributed by atoms with Gasteiger partial charge in [0.15, 0.2) is 0 Å². The predicted molar refractivity (Wildman–Crippen MR) is 62.1 cm³/mol. The molecule has 3 N–H and O–H groups in total. The molecule has 2 aromatic rings. The number of nitrogens with zero attached hydrogens (tertiary/aromatic N) is 2. The summed E-state index contributed by atoms with van der Waals surface area (Å²) in [5.74, 6) is 0.553. The number of nitrogens with one attached hydrogen (secondary N) is 1. The van der Waals surface area contributed by atoms with Crippen LogP contribution in [0.1, 0.15) is 23.2 Å². The van der Waals surface area contributed by atoms with Gasteiger partial charge in [-0.1, -0.05) is 0 Å². The topological polar surface area (TPSA) is 88.2 Å². The van der Waals surface area contributed by atoms with Crippen molar-refractivity contribution in [3.63, 3.8) is 0 Å². The zero-order valence-corrected chi connectivity index (χ0v) is 9.51. The normalized spacial score (nSPS) is 10.4. The van der Waals surface area contributed by atoms with E-state index in [2.05, 4.69) is 10.2 Å². The molecule has 0 fully saturated rings. The summed E-state index contributed by atoms with van der Waals surface area (Å²) in [6, 6.07) is 3.62. The molecule has 1 amide bonds. The van der Waals surface area contributed by atoms with E-state index in [4.69, 9.17) is 10.2 Å². The Balaban J connectivity index is 2.14. The molecule has 0 aliphatic rings. The van der Waals surface area contributed by atoms with Crippen LogP contribution in [0.15, 0.2) is 29.0 Å². The number of furan rings is 1. The molecule has 0 saturated heterocycles. The highest BCUT2D eigenvalue weighted by Gasteiger charge is 2.19. The highest BCUT2D eigenvalue weighted by Crippen LogP contribution is 2.13. The molecule has 0 unspecified atom stereocenters. The summed E-state index contributed by atoms with van der Waals surface area (Å²) in [5, 5.41) is 6.34. The van der Waals surface area contributed by atoms with Gasteiger partial charge in [-0.3, -0.25) is 9.89 Å². The average Bonchev–Trinajstić information content (AvgIpc) is 2.96. The maximum Gasteiger partial charge on any atom is 0.274 e. The quantitative estimate of drug-likeness (QED) is 0.833. The highest BCUT2D eigenvalue weighted by atomic mass is 16.3. The Morgan fingerprint density at radius 2 is 2.47 bits per heavy atom. The molecule has 0 atom stereocenters. The summed E-state index contributed by atoms with van der Waals surface area (Å²) in [7, 11) is 0. The summed E-state index contributed by atoms with van der Waals surface area (Å²) in [6.45, 7) is 2.88. The Labute approximate surface area is 98.4 Å². The summed E-state index contributed by atoms with van der Waals surface area (Å²) in [5.41, 5.74) is 6.32. The Hall–Kier alpha value is -2.24. The van der Waals surface area contributed by atoms with Crippen LogP contribution >= 0.6 is 0 Å². The average molecular weight is 234 g/mol. The van der Waals surface area contributed by atoms with Gasteiger partial charge in [-0.2, -0.15) is 5.10 Å². The molecule has 0 spiro atoms. The summed E-state index contributed by atoms with van der Waals surface area (Å²) >= 11 is 0. The van der Waals surface area contributed by atoms with Crippen molar-refractivity contribution in [3.8, 4) is 0 Å². The van der Waals surface area contributed by atoms with Crippen molar-refractivity contribution in [1.82, 2.24) is 15.1 Å². The molecule has 2 heterocycles. The lowest BCUT2D eigenvalue weighted by molar-refractivity contribution is 0.0736. The lowest BCUT2D eigenvalue weighted by Gasteiger charge is -2.18. The largest absolute Gasteiger partial charge is 0.467 e. The van der Waals surface area contributed by atoms with E-state index in [1.165, 1.54) is 6.20 Å². The number of nitrogen functional groups attached to an aromatic ring is 1. The third-order valence-corrected chi connectivity index (χ3v) is 2.48. The van der Waals surface area contributed by atoms with Crippen LogP contribution in [0.3, 0.4) is 0 Å². The van der Waals surface area contributed by atoms with Crippen LogP contribution in [0, 0.1) is 0 Å². The van der Waals surface area contributed by atoms with Gasteiger partial charge in [0.05, 0.1) is 24.7 Å². The second-order valence-corrected chi connectivity index (χ2v) is 3.60. The van der Waals surface area contributed by atoms with Gasteiger partial charge in [0.25, 0.3) is 5.91 Å². The molecule has 2 aromatic heterocycles. The van der Waals surface area contributed by atoms with Crippen molar-refractivity contribution in [2.24, 2.45) is 0 Å². The predicted octanol–water partition coefficient (Wildman–Crippen LogP) is 1.25. The first-order valence-electron chi connectivity index (χ1n) is 5.33. The smallest absolute Gasteiger partial charge is 0.274 e. The van der Waals surface area contributed by atoms with E-state index in [9.17, 15) is 4.79 Å². The number of hydrogen-bond donors (Lipinski definition) is 2. The second kappa shape index (κ2) is 4.73. The fourth-order valence-corrected chi connectivity index (χ4v) is 1.54. The lowest BCUT2D eigenvalue weighted by atomic mass is 10.3. The van der Waals surface area contributed by atoms with Crippen LogP contribution in [-0.4, -0.2) is 27.5 Å². The minimum atomic E-state index is -0.182. The zero-order valence-electron chi connectivity index (χ0n) is 9.51. The van der Waals surface area contributed by atoms with Gasteiger partial charge in [-0.05, 0) is 19.1 Å². The maximum atomic E-state index is 12.1. The van der Waals surface area contributed by atoms with Gasteiger partial charge in [-0.25, -0.2) is 0 Å². The Bertz CT molecular complexity index is 489. The van der Waals surface area contributed by atoms with E-state index in [1.54, 1.807) is 17.2 Å². The lowest BCUT2D eigenvalue weighted by Crippen LogP contribution is -2.31. The highest BCUT2D eigenvalue weighted by molar-refractivity contribution is 5.96. The molecule has 90 valence electrons. The summed E-state index contributed by atoms with van der Waals surface area (Å²) in [4.78, 5) is 13.7. The number of anilines is 1. The van der Waals surface area contributed by atoms with Crippen molar-refractivity contribution >= 4 is 11.6 Å². The molecule has 0 aliphatic heterocycles. The number of amides is 1. The van der Waals surface area contributed by atoms with E-state index < -0.39 is 0 Å². The monoisotopic (exact) mass is 234 g/mol. The molecule has 17 heavy (non-hydrogen) atoms. The van der Waals surface area contributed by atoms with Crippen LogP contribution < -0.4 is 5.73 Å². The zero-order chi connectivity index (χ0) is 12.3. The van der Waals surface area contributed by atoms with Gasteiger partial charge in [0.1, 0.15) is 11.5 Å². The Morgan fingerprint density at radius 1 is 1.65 bits per heavy atom. The van der Waals surface area contributed by atoms with Crippen LogP contribution in [-0.2, 0) is 6.54 Å². The molecule has 2 rings (SSSR count). The van der Waals surface area contributed by atoms with Gasteiger partial charge in [0, 0.05) is 6.54 Å². The molecule has 0 bridgehead atoms. The van der Waals surface area contributed by atoms with Crippen LogP contribution in [0.4, 0.5) is 5.69 Å². The molecule has 0 aromatic carbocycles. The Morgan fingerprint density at radius 3 is 3.00 bits per heavy atom. The first kappa shape index (κ1) is 11.3. The molecule has 0 aliphatic carbocycles. The van der Waals surface area contributed by atoms with Gasteiger partial charge < -0.3 is 15.1 Å². The van der Waals surface area contributed by atoms with Crippen molar-refractivity contribution in [3.05, 3.63) is 36.0 Å². The van der Waals surface area contributed by atoms with E-state index in [1.807, 2.05) is 13.0 Å². The maximum absolute atomic E-state index is 12.1. The first-order valence-corrected chi connectivity index (χ1v) is 5.33. The number of carbonyl (C=O) groups excluding carboxylic acids is 1. The fraction of sp³-hybridized carbons (Fsp3) is 0.273. The van der Waals surface area contributed by atoms with Gasteiger partial charge in [0.2, 0.25) is 0 Å². The third kappa shape index (κ3) is 2.30. The molecular formula is C11H14N4O2. The second-order valence-electron chi connectivity index (χ2n) is 3.60. The van der Waals surface area contributed by atoms with Crippen molar-refractivity contribution < 1.29 is 9.21 Å². The number of aromatic amines is 1. The van der Waals surface area contributed by atoms with Crippen LogP contribution in [0.25, 0.3) is 0 Å². The minimum absolute atomic E-state index is 0.182. The van der Waals surface area contributed by atoms with E-state index in [-0.39, 0.29) is 5.91 Å². The number of carbonyl (C=O) groups is 1. The SMILES string of the molecule is CCN(Cc1ccco1)C(=O)c1[nH]ncc1N. The number of nitrogens with two attached hydrogens (primary N) is 1. The first-order chi connectivity index (χ1) is 8.22. The summed E-state index contributed by atoms with van der Waals surface area (Å²) < 4.78 is 5.21. The van der Waals surface area contributed by atoms with Crippen molar-refractivity contribution in [1.29, 1.82) is 0 Å². The van der Waals surface area contributed by atoms with E-state index in [0.29, 0.717) is 24.5 Å². The van der Waals surface area contributed by atoms with Gasteiger partial charge in [-0.15, -0.1) is 0 Å². The number of hydrogen-bond acceptors (Lipinski definition) is 4. The van der Waals surface area contributed by atoms with Crippen molar-refractivity contribution in [2.75, 3.05) is 12.3 Å².